The van der Waals surface area contributed by atoms with Gasteiger partial charge in [0.05, 0.1) is 41.5 Å². The monoisotopic (exact) mass is 484 g/mol. The SMILES string of the molecule is CCOC1CN(C(c2ccc(Cl)cc2)c2ccc(C#N)cc2)CC1NC(=O)c1ccc(C#N)cc1. The third-order valence-electron chi connectivity index (χ3n) is 6.17. The molecule has 1 amide bonds. The van der Waals surface area contributed by atoms with Crippen molar-refractivity contribution in [2.24, 2.45) is 0 Å². The van der Waals surface area contributed by atoms with Gasteiger partial charge in [0, 0.05) is 30.3 Å². The van der Waals surface area contributed by atoms with Crippen molar-refractivity contribution in [3.63, 3.8) is 0 Å². The highest BCUT2D eigenvalue weighted by Gasteiger charge is 2.38. The minimum atomic E-state index is -0.216. The minimum absolute atomic E-state index is 0.0974. The number of ether oxygens (including phenoxy) is 1. The van der Waals surface area contributed by atoms with E-state index in [4.69, 9.17) is 21.6 Å². The molecule has 1 fully saturated rings. The van der Waals surface area contributed by atoms with Crippen LogP contribution in [-0.2, 0) is 4.74 Å². The molecule has 3 aromatic carbocycles. The molecule has 4 rings (SSSR count). The van der Waals surface area contributed by atoms with E-state index in [1.165, 1.54) is 0 Å². The summed E-state index contributed by atoms with van der Waals surface area (Å²) in [6.45, 7) is 3.68. The van der Waals surface area contributed by atoms with Crippen LogP contribution in [0, 0.1) is 22.7 Å². The van der Waals surface area contributed by atoms with Crippen molar-refractivity contribution in [3.05, 3.63) is 106 Å². The summed E-state index contributed by atoms with van der Waals surface area (Å²) in [5.41, 5.74) is 3.71. The Morgan fingerprint density at radius 3 is 2.06 bits per heavy atom. The Balaban J connectivity index is 1.60. The number of nitriles is 2. The Morgan fingerprint density at radius 1 is 0.971 bits per heavy atom. The number of nitrogens with one attached hydrogen (secondary N) is 1. The van der Waals surface area contributed by atoms with Crippen LogP contribution in [0.15, 0.2) is 72.8 Å². The molecule has 0 bridgehead atoms. The lowest BCUT2D eigenvalue weighted by Crippen LogP contribution is -2.44. The number of amides is 1. The van der Waals surface area contributed by atoms with Crippen LogP contribution in [0.4, 0.5) is 0 Å². The quantitative estimate of drug-likeness (QED) is 0.525. The fourth-order valence-corrected chi connectivity index (χ4v) is 4.61. The molecule has 1 heterocycles. The predicted octanol–water partition coefficient (Wildman–Crippen LogP) is 4.69. The van der Waals surface area contributed by atoms with Crippen LogP contribution >= 0.6 is 11.6 Å². The number of halogens is 1. The van der Waals surface area contributed by atoms with E-state index < -0.39 is 0 Å². The van der Waals surface area contributed by atoms with E-state index in [1.807, 2.05) is 55.5 Å². The molecule has 0 spiro atoms. The highest BCUT2D eigenvalue weighted by Crippen LogP contribution is 2.33. The highest BCUT2D eigenvalue weighted by atomic mass is 35.5. The van der Waals surface area contributed by atoms with Gasteiger partial charge in [-0.05, 0) is 66.6 Å². The topological polar surface area (TPSA) is 89.2 Å². The van der Waals surface area contributed by atoms with Crippen LogP contribution in [0.25, 0.3) is 0 Å². The van der Waals surface area contributed by atoms with E-state index in [0.29, 0.717) is 41.4 Å². The Bertz CT molecular complexity index is 1240. The van der Waals surface area contributed by atoms with Gasteiger partial charge in [0.1, 0.15) is 0 Å². The van der Waals surface area contributed by atoms with Crippen LogP contribution in [0.5, 0.6) is 0 Å². The van der Waals surface area contributed by atoms with Crippen LogP contribution < -0.4 is 5.32 Å². The van der Waals surface area contributed by atoms with Crippen molar-refractivity contribution in [1.82, 2.24) is 10.2 Å². The van der Waals surface area contributed by atoms with Gasteiger partial charge in [0.25, 0.3) is 5.91 Å². The van der Waals surface area contributed by atoms with Gasteiger partial charge in [-0.1, -0.05) is 35.9 Å². The summed E-state index contributed by atoms with van der Waals surface area (Å²) < 4.78 is 6.03. The van der Waals surface area contributed by atoms with Gasteiger partial charge in [-0.2, -0.15) is 10.5 Å². The van der Waals surface area contributed by atoms with Crippen molar-refractivity contribution >= 4 is 17.5 Å². The third-order valence-corrected chi connectivity index (χ3v) is 6.43. The summed E-state index contributed by atoms with van der Waals surface area (Å²) in [6, 6.07) is 25.8. The summed E-state index contributed by atoms with van der Waals surface area (Å²) in [7, 11) is 0. The number of likely N-dealkylation sites (tertiary alicyclic amines) is 1. The van der Waals surface area contributed by atoms with Crippen LogP contribution in [-0.4, -0.2) is 42.6 Å². The molecule has 3 unspecified atom stereocenters. The fraction of sp³-hybridized carbons (Fsp3) is 0.250. The molecule has 0 aromatic heterocycles. The smallest absolute Gasteiger partial charge is 0.251 e. The van der Waals surface area contributed by atoms with E-state index in [2.05, 4.69) is 22.4 Å². The average Bonchev–Trinajstić information content (AvgIpc) is 3.27. The molecular formula is C28H25ClN4O2. The number of carbonyl (C=O) groups is 1. The first-order valence-corrected chi connectivity index (χ1v) is 11.8. The molecule has 0 radical (unpaired) electrons. The number of nitrogens with zero attached hydrogens (tertiary/aromatic N) is 3. The number of benzene rings is 3. The second-order valence-corrected chi connectivity index (χ2v) is 8.84. The molecule has 1 N–H and O–H groups in total. The molecule has 176 valence electrons. The lowest BCUT2D eigenvalue weighted by molar-refractivity contribution is 0.0490. The zero-order chi connectivity index (χ0) is 24.8. The van der Waals surface area contributed by atoms with Gasteiger partial charge in [-0.25, -0.2) is 0 Å². The maximum atomic E-state index is 13.0. The van der Waals surface area contributed by atoms with Gasteiger partial charge in [-0.15, -0.1) is 0 Å². The first-order chi connectivity index (χ1) is 17.0. The molecule has 3 atom stereocenters. The zero-order valence-electron chi connectivity index (χ0n) is 19.3. The van der Waals surface area contributed by atoms with Gasteiger partial charge in [0.2, 0.25) is 0 Å². The van der Waals surface area contributed by atoms with Crippen molar-refractivity contribution in [3.8, 4) is 12.1 Å². The van der Waals surface area contributed by atoms with E-state index in [0.717, 1.165) is 11.1 Å². The van der Waals surface area contributed by atoms with Crippen molar-refractivity contribution in [2.45, 2.75) is 25.1 Å². The minimum Gasteiger partial charge on any atom is -0.375 e. The van der Waals surface area contributed by atoms with Gasteiger partial charge >= 0.3 is 0 Å². The second kappa shape index (κ2) is 11.2. The van der Waals surface area contributed by atoms with Gasteiger partial charge in [0.15, 0.2) is 0 Å². The van der Waals surface area contributed by atoms with Crippen molar-refractivity contribution in [1.29, 1.82) is 10.5 Å². The predicted molar refractivity (Wildman–Crippen MR) is 134 cm³/mol. The fourth-order valence-electron chi connectivity index (χ4n) is 4.48. The van der Waals surface area contributed by atoms with Crippen molar-refractivity contribution < 1.29 is 9.53 Å². The molecule has 1 saturated heterocycles. The Labute approximate surface area is 210 Å². The normalized spacial score (nSPS) is 18.4. The largest absolute Gasteiger partial charge is 0.375 e. The molecule has 0 aliphatic carbocycles. The highest BCUT2D eigenvalue weighted by molar-refractivity contribution is 6.30. The van der Waals surface area contributed by atoms with Gasteiger partial charge in [-0.3, -0.25) is 9.69 Å². The molecule has 6 nitrogen and oxygen atoms in total. The van der Waals surface area contributed by atoms with E-state index in [1.54, 1.807) is 24.3 Å². The lowest BCUT2D eigenvalue weighted by atomic mass is 9.96. The Hall–Kier alpha value is -3.68. The number of rotatable bonds is 7. The molecule has 1 aliphatic rings. The second-order valence-electron chi connectivity index (χ2n) is 8.40. The Kier molecular flexibility index (Phi) is 7.80. The summed E-state index contributed by atoms with van der Waals surface area (Å²) >= 11 is 6.15. The number of hydrogen-bond acceptors (Lipinski definition) is 5. The first kappa shape index (κ1) is 24.4. The molecule has 35 heavy (non-hydrogen) atoms. The third kappa shape index (κ3) is 5.70. The molecule has 7 heteroatoms. The molecule has 3 aromatic rings. The summed E-state index contributed by atoms with van der Waals surface area (Å²) in [5.74, 6) is -0.201. The van der Waals surface area contributed by atoms with Crippen LogP contribution in [0.1, 0.15) is 45.6 Å². The maximum absolute atomic E-state index is 13.0. The number of hydrogen-bond donors (Lipinski definition) is 1. The van der Waals surface area contributed by atoms with Crippen molar-refractivity contribution in [2.75, 3.05) is 19.7 Å². The maximum Gasteiger partial charge on any atom is 0.251 e. The van der Waals surface area contributed by atoms with E-state index >= 15 is 0 Å². The first-order valence-electron chi connectivity index (χ1n) is 11.4. The molecule has 0 saturated carbocycles. The zero-order valence-corrected chi connectivity index (χ0v) is 20.1. The average molecular weight is 485 g/mol. The lowest BCUT2D eigenvalue weighted by Gasteiger charge is -2.29. The molecule has 1 aliphatic heterocycles. The summed E-state index contributed by atoms with van der Waals surface area (Å²) in [5, 5.41) is 22.0. The van der Waals surface area contributed by atoms with Gasteiger partial charge < -0.3 is 10.1 Å². The van der Waals surface area contributed by atoms with E-state index in [-0.39, 0.29) is 24.1 Å². The van der Waals surface area contributed by atoms with Crippen LogP contribution in [0.3, 0.4) is 0 Å². The van der Waals surface area contributed by atoms with E-state index in [9.17, 15) is 10.1 Å². The van der Waals surface area contributed by atoms with Crippen LogP contribution in [0.2, 0.25) is 5.02 Å². The number of carbonyl (C=O) groups excluding carboxylic acids is 1. The standard InChI is InChI=1S/C28H25ClN4O2/c1-2-35-26-18-33(17-25(26)32-28(34)23-9-5-20(16-31)6-10-23)27(22-11-13-24(29)14-12-22)21-7-3-19(15-30)4-8-21/h3-14,25-27H,2,17-18H2,1H3,(H,32,34). The Morgan fingerprint density at radius 2 is 1.51 bits per heavy atom. The molecular weight excluding hydrogens is 460 g/mol. The summed E-state index contributed by atoms with van der Waals surface area (Å²) in [6.07, 6.45) is -0.185. The summed E-state index contributed by atoms with van der Waals surface area (Å²) in [4.78, 5) is 15.2.